The number of nitrogens with zero attached hydrogens (tertiary/aromatic N) is 3. The van der Waals surface area contributed by atoms with E-state index in [0.29, 0.717) is 11.5 Å². The summed E-state index contributed by atoms with van der Waals surface area (Å²) in [7, 11) is 0. The second kappa shape index (κ2) is 5.12. The highest BCUT2D eigenvalue weighted by atomic mass is 16.6. The molecule has 0 aliphatic carbocycles. The fourth-order valence-corrected chi connectivity index (χ4v) is 1.32. The molecule has 2 aromatic heterocycles. The highest BCUT2D eigenvalue weighted by molar-refractivity contribution is 5.97. The van der Waals surface area contributed by atoms with Gasteiger partial charge in [0.1, 0.15) is 11.5 Å². The third-order valence-corrected chi connectivity index (χ3v) is 2.17. The molecule has 0 aliphatic heterocycles. The van der Waals surface area contributed by atoms with Crippen molar-refractivity contribution in [3.63, 3.8) is 0 Å². The van der Waals surface area contributed by atoms with Gasteiger partial charge in [0.2, 0.25) is 0 Å². The zero-order valence-corrected chi connectivity index (χ0v) is 9.78. The van der Waals surface area contributed by atoms with Gasteiger partial charge in [-0.3, -0.25) is 4.79 Å². The van der Waals surface area contributed by atoms with Gasteiger partial charge in [0.15, 0.2) is 5.56 Å². The number of amides is 1. The van der Waals surface area contributed by atoms with Crippen LogP contribution in [-0.4, -0.2) is 27.2 Å². The maximum Gasteiger partial charge on any atom is 0.355 e. The lowest BCUT2D eigenvalue weighted by Crippen LogP contribution is -2.18. The SMILES string of the molecule is Cc1ccc(/C=N\NC(=O)c2cn[nH]c2[N+](=O)[O-])o1. The van der Waals surface area contributed by atoms with Crippen LogP contribution in [0.1, 0.15) is 21.9 Å². The van der Waals surface area contributed by atoms with Gasteiger partial charge in [-0.25, -0.2) is 5.43 Å². The number of hydrogen-bond donors (Lipinski definition) is 2. The molecule has 2 N–H and O–H groups in total. The van der Waals surface area contributed by atoms with Crippen molar-refractivity contribution >= 4 is 17.9 Å². The van der Waals surface area contributed by atoms with Gasteiger partial charge in [0.25, 0.3) is 5.91 Å². The molecular weight excluding hydrogens is 254 g/mol. The van der Waals surface area contributed by atoms with Gasteiger partial charge >= 0.3 is 5.82 Å². The predicted molar refractivity (Wildman–Crippen MR) is 63.7 cm³/mol. The minimum absolute atomic E-state index is 0.197. The van der Waals surface area contributed by atoms with Crippen LogP contribution in [0.15, 0.2) is 27.8 Å². The molecule has 0 aliphatic rings. The van der Waals surface area contributed by atoms with E-state index in [9.17, 15) is 14.9 Å². The van der Waals surface area contributed by atoms with Crippen LogP contribution in [0, 0.1) is 17.0 Å². The first-order chi connectivity index (χ1) is 9.08. The quantitative estimate of drug-likeness (QED) is 0.483. The average Bonchev–Trinajstić information content (AvgIpc) is 2.97. The van der Waals surface area contributed by atoms with Crippen LogP contribution in [0.4, 0.5) is 5.82 Å². The van der Waals surface area contributed by atoms with Crippen LogP contribution in [0.5, 0.6) is 0 Å². The number of hydrogen-bond acceptors (Lipinski definition) is 6. The lowest BCUT2D eigenvalue weighted by molar-refractivity contribution is -0.389. The molecule has 2 heterocycles. The summed E-state index contributed by atoms with van der Waals surface area (Å²) < 4.78 is 5.19. The number of hydrazone groups is 1. The highest BCUT2D eigenvalue weighted by Crippen LogP contribution is 2.12. The minimum Gasteiger partial charge on any atom is -0.460 e. The van der Waals surface area contributed by atoms with Crippen molar-refractivity contribution in [3.05, 3.63) is 45.5 Å². The zero-order valence-electron chi connectivity index (χ0n) is 9.78. The smallest absolute Gasteiger partial charge is 0.355 e. The number of nitro groups is 1. The van der Waals surface area contributed by atoms with E-state index in [1.54, 1.807) is 19.1 Å². The Labute approximate surface area is 106 Å². The minimum atomic E-state index is -0.736. The Morgan fingerprint density at radius 2 is 2.42 bits per heavy atom. The first-order valence-corrected chi connectivity index (χ1v) is 5.15. The van der Waals surface area contributed by atoms with Crippen molar-refractivity contribution in [2.45, 2.75) is 6.92 Å². The van der Waals surface area contributed by atoms with Gasteiger partial charge in [-0.15, -0.1) is 5.10 Å². The fraction of sp³-hybridized carbons (Fsp3) is 0.100. The Balaban J connectivity index is 2.03. The number of carbonyl (C=O) groups is 1. The molecule has 2 aromatic rings. The molecule has 1 amide bonds. The van der Waals surface area contributed by atoms with Crippen molar-refractivity contribution in [3.8, 4) is 0 Å². The molecule has 0 radical (unpaired) electrons. The van der Waals surface area contributed by atoms with Gasteiger partial charge in [-0.05, 0) is 24.0 Å². The number of nitrogens with one attached hydrogen (secondary N) is 2. The maximum absolute atomic E-state index is 11.6. The molecule has 0 unspecified atom stereocenters. The highest BCUT2D eigenvalue weighted by Gasteiger charge is 2.21. The van der Waals surface area contributed by atoms with E-state index < -0.39 is 16.6 Å². The largest absolute Gasteiger partial charge is 0.460 e. The normalized spacial score (nSPS) is 10.8. The molecule has 98 valence electrons. The molecule has 0 saturated heterocycles. The molecule has 0 saturated carbocycles. The third-order valence-electron chi connectivity index (χ3n) is 2.17. The lowest BCUT2D eigenvalue weighted by atomic mass is 10.3. The topological polar surface area (TPSA) is 126 Å². The molecule has 9 heteroatoms. The summed E-state index contributed by atoms with van der Waals surface area (Å²) in [6.07, 6.45) is 2.34. The second-order valence-electron chi connectivity index (χ2n) is 3.54. The number of H-pyrrole nitrogens is 1. The van der Waals surface area contributed by atoms with Gasteiger partial charge in [0.05, 0.1) is 12.4 Å². The summed E-state index contributed by atoms with van der Waals surface area (Å²) in [5.74, 6) is -0.0562. The van der Waals surface area contributed by atoms with Crippen molar-refractivity contribution in [2.75, 3.05) is 0 Å². The van der Waals surface area contributed by atoms with Crippen LogP contribution < -0.4 is 5.43 Å². The maximum atomic E-state index is 11.6. The summed E-state index contributed by atoms with van der Waals surface area (Å²) in [4.78, 5) is 21.5. The Morgan fingerprint density at radius 3 is 3.05 bits per heavy atom. The standard InChI is InChI=1S/C10H9N5O4/c1-6-2-3-7(19-6)4-11-14-10(16)8-5-12-13-9(8)15(17)18/h2-5H,1H3,(H,12,13)(H,14,16)/b11-4-. The van der Waals surface area contributed by atoms with E-state index in [1.165, 1.54) is 6.21 Å². The molecule has 19 heavy (non-hydrogen) atoms. The van der Waals surface area contributed by atoms with E-state index in [2.05, 4.69) is 20.7 Å². The Morgan fingerprint density at radius 1 is 1.63 bits per heavy atom. The van der Waals surface area contributed by atoms with E-state index in [-0.39, 0.29) is 5.56 Å². The predicted octanol–water partition coefficient (Wildman–Crippen LogP) is 0.983. The van der Waals surface area contributed by atoms with Gasteiger partial charge in [-0.2, -0.15) is 5.10 Å². The van der Waals surface area contributed by atoms with Crippen LogP contribution in [0.3, 0.4) is 0 Å². The lowest BCUT2D eigenvalue weighted by Gasteiger charge is -1.96. The summed E-state index contributed by atoms with van der Waals surface area (Å²) >= 11 is 0. The summed E-state index contributed by atoms with van der Waals surface area (Å²) in [5, 5.41) is 19.8. The molecule has 0 fully saturated rings. The van der Waals surface area contributed by atoms with Crippen LogP contribution in [0.25, 0.3) is 0 Å². The number of carbonyl (C=O) groups excluding carboxylic acids is 1. The molecule has 0 atom stereocenters. The molecule has 0 aromatic carbocycles. The van der Waals surface area contributed by atoms with Crippen molar-refractivity contribution < 1.29 is 14.1 Å². The van der Waals surface area contributed by atoms with E-state index in [0.717, 1.165) is 6.20 Å². The molecule has 2 rings (SSSR count). The zero-order chi connectivity index (χ0) is 13.8. The van der Waals surface area contributed by atoms with Crippen molar-refractivity contribution in [1.29, 1.82) is 0 Å². The molecule has 0 spiro atoms. The summed E-state index contributed by atoms with van der Waals surface area (Å²) in [5.41, 5.74) is 1.95. The van der Waals surface area contributed by atoms with E-state index in [4.69, 9.17) is 4.42 Å². The number of aryl methyl sites for hydroxylation is 1. The van der Waals surface area contributed by atoms with Gasteiger partial charge in [-0.1, -0.05) is 5.10 Å². The van der Waals surface area contributed by atoms with Crippen molar-refractivity contribution in [2.24, 2.45) is 5.10 Å². The van der Waals surface area contributed by atoms with Gasteiger partial charge < -0.3 is 14.5 Å². The first-order valence-electron chi connectivity index (χ1n) is 5.15. The molecule has 0 bridgehead atoms. The fourth-order valence-electron chi connectivity index (χ4n) is 1.32. The first kappa shape index (κ1) is 12.5. The molecule has 9 nitrogen and oxygen atoms in total. The number of furan rings is 1. The molecular formula is C10H9N5O4. The average molecular weight is 263 g/mol. The van der Waals surface area contributed by atoms with Crippen LogP contribution >= 0.6 is 0 Å². The number of rotatable bonds is 4. The monoisotopic (exact) mass is 263 g/mol. The third kappa shape index (κ3) is 2.83. The second-order valence-corrected chi connectivity index (χ2v) is 3.54. The van der Waals surface area contributed by atoms with Crippen molar-refractivity contribution in [1.82, 2.24) is 15.6 Å². The Hall–Kier alpha value is -2.97. The van der Waals surface area contributed by atoms with Crippen LogP contribution in [-0.2, 0) is 0 Å². The van der Waals surface area contributed by atoms with Crippen LogP contribution in [0.2, 0.25) is 0 Å². The Kier molecular flexibility index (Phi) is 3.37. The summed E-state index contributed by atoms with van der Waals surface area (Å²) in [6, 6.07) is 3.41. The summed E-state index contributed by atoms with van der Waals surface area (Å²) in [6.45, 7) is 1.77. The number of aromatic amines is 1. The Bertz CT molecular complexity index is 642. The number of aromatic nitrogens is 2. The van der Waals surface area contributed by atoms with Gasteiger partial charge in [0, 0.05) is 0 Å². The van der Waals surface area contributed by atoms with E-state index in [1.807, 2.05) is 0 Å². The van der Waals surface area contributed by atoms with E-state index >= 15 is 0 Å².